The lowest BCUT2D eigenvalue weighted by Gasteiger charge is -2.27. The Bertz CT molecular complexity index is 2250. The molecule has 3 heterocycles. The smallest absolute Gasteiger partial charge is 0.269 e. The van der Waals surface area contributed by atoms with Crippen molar-refractivity contribution in [1.29, 1.82) is 0 Å². The largest absolute Gasteiger partial charge is 0.491 e. The van der Waals surface area contributed by atoms with Gasteiger partial charge in [-0.3, -0.25) is 44.3 Å². The summed E-state index contributed by atoms with van der Waals surface area (Å²) < 4.78 is 17.2. The molecule has 7 rings (SSSR count). The first-order valence-electron chi connectivity index (χ1n) is 17.5. The van der Waals surface area contributed by atoms with Gasteiger partial charge in [-0.05, 0) is 72.2 Å². The maximum Gasteiger partial charge on any atom is 0.269 e. The third kappa shape index (κ3) is 7.89. The van der Waals surface area contributed by atoms with Gasteiger partial charge in [-0.2, -0.15) is 0 Å². The first kappa shape index (κ1) is 36.4. The molecule has 0 spiro atoms. The number of nitrogens with zero attached hydrogens (tertiary/aromatic N) is 3. The third-order valence-corrected chi connectivity index (χ3v) is 9.28. The number of allylic oxidation sites excluding steroid dienone is 2. The maximum absolute atomic E-state index is 13.5. The highest BCUT2D eigenvalue weighted by Gasteiger charge is 2.44. The number of piperidine rings is 1. The van der Waals surface area contributed by atoms with Gasteiger partial charge in [0.25, 0.3) is 23.4 Å². The molecule has 0 aliphatic carbocycles. The van der Waals surface area contributed by atoms with Gasteiger partial charge in [0.1, 0.15) is 30.8 Å². The number of anilines is 1. The van der Waals surface area contributed by atoms with Gasteiger partial charge in [0.05, 0.1) is 41.5 Å². The number of benzene rings is 4. The second-order valence-corrected chi connectivity index (χ2v) is 12.8. The van der Waals surface area contributed by atoms with Crippen molar-refractivity contribution in [3.63, 3.8) is 0 Å². The van der Waals surface area contributed by atoms with Gasteiger partial charge in [0.15, 0.2) is 0 Å². The predicted molar refractivity (Wildman–Crippen MR) is 199 cm³/mol. The lowest BCUT2D eigenvalue weighted by molar-refractivity contribution is -0.384. The molecule has 55 heavy (non-hydrogen) atoms. The van der Waals surface area contributed by atoms with E-state index in [0.717, 1.165) is 27.3 Å². The minimum absolute atomic E-state index is 0.0126. The van der Waals surface area contributed by atoms with Crippen LogP contribution in [0.4, 0.5) is 11.4 Å². The predicted octanol–water partition coefficient (Wildman–Crippen LogP) is 5.11. The van der Waals surface area contributed by atoms with Gasteiger partial charge in [-0.15, -0.1) is 0 Å². The number of ether oxygens (including phenoxy) is 3. The van der Waals surface area contributed by atoms with Gasteiger partial charge < -0.3 is 19.1 Å². The van der Waals surface area contributed by atoms with Crippen molar-refractivity contribution in [2.45, 2.75) is 25.4 Å². The zero-order chi connectivity index (χ0) is 38.5. The molecule has 3 aliphatic heterocycles. The van der Waals surface area contributed by atoms with Gasteiger partial charge in [0.2, 0.25) is 11.8 Å². The number of nitrogens with one attached hydrogen (secondary N) is 1. The zero-order valence-electron chi connectivity index (χ0n) is 29.3. The molecule has 14 heteroatoms. The Morgan fingerprint density at radius 1 is 0.764 bits per heavy atom. The minimum Gasteiger partial charge on any atom is -0.491 e. The van der Waals surface area contributed by atoms with E-state index in [-0.39, 0.29) is 62.0 Å². The second-order valence-electron chi connectivity index (χ2n) is 12.8. The maximum atomic E-state index is 13.5. The molecule has 0 saturated carbocycles. The SMILES string of the molecule is O=C1CCC(N2C(=O)c3ccc(OCCOCCOc4ccc(CN5C(=O)/C(=C/C=C/c6ccc([N+](=O)[O-])cc6)c6ccccc65)cc4)cc3C2=O)C(=O)N1. The zero-order valence-corrected chi connectivity index (χ0v) is 29.3. The molecular weight excluding hydrogens is 708 g/mol. The molecule has 1 fully saturated rings. The van der Waals surface area contributed by atoms with E-state index in [4.69, 9.17) is 14.2 Å². The number of amides is 5. The number of non-ortho nitro benzene ring substituents is 1. The Hall–Kier alpha value is -6.93. The average molecular weight is 743 g/mol. The molecule has 0 radical (unpaired) electrons. The first-order chi connectivity index (χ1) is 26.7. The highest BCUT2D eigenvalue weighted by molar-refractivity contribution is 6.32. The van der Waals surface area contributed by atoms with E-state index < -0.39 is 34.6 Å². The first-order valence-corrected chi connectivity index (χ1v) is 17.5. The molecule has 1 N–H and O–H groups in total. The van der Waals surface area contributed by atoms with Crippen molar-refractivity contribution in [3.8, 4) is 11.5 Å². The summed E-state index contributed by atoms with van der Waals surface area (Å²) >= 11 is 0. The van der Waals surface area contributed by atoms with E-state index >= 15 is 0 Å². The Morgan fingerprint density at radius 2 is 1.45 bits per heavy atom. The average Bonchev–Trinajstić information content (AvgIpc) is 3.59. The molecular formula is C41H34N4O10. The summed E-state index contributed by atoms with van der Waals surface area (Å²) in [7, 11) is 0. The molecule has 278 valence electrons. The summed E-state index contributed by atoms with van der Waals surface area (Å²) in [5.41, 5.74) is 4.19. The second kappa shape index (κ2) is 16.0. The summed E-state index contributed by atoms with van der Waals surface area (Å²) in [6, 6.07) is 24.7. The fourth-order valence-corrected chi connectivity index (χ4v) is 6.54. The number of rotatable bonds is 14. The number of fused-ring (bicyclic) bond motifs is 2. The van der Waals surface area contributed by atoms with Crippen LogP contribution in [0.2, 0.25) is 0 Å². The summed E-state index contributed by atoms with van der Waals surface area (Å²) in [5, 5.41) is 13.1. The lowest BCUT2D eigenvalue weighted by atomic mass is 10.0. The van der Waals surface area contributed by atoms with Crippen LogP contribution in [-0.2, 0) is 25.7 Å². The third-order valence-electron chi connectivity index (χ3n) is 9.28. The highest BCUT2D eigenvalue weighted by Crippen LogP contribution is 2.38. The normalized spacial score (nSPS) is 17.2. The van der Waals surface area contributed by atoms with Crippen molar-refractivity contribution < 1.29 is 43.1 Å². The van der Waals surface area contributed by atoms with Gasteiger partial charge in [0, 0.05) is 29.7 Å². The molecule has 0 bridgehead atoms. The Kier molecular flexibility index (Phi) is 10.6. The fourth-order valence-electron chi connectivity index (χ4n) is 6.54. The summed E-state index contributed by atoms with van der Waals surface area (Å²) in [6.45, 7) is 1.34. The molecule has 4 aromatic carbocycles. The number of hydrogen-bond donors (Lipinski definition) is 1. The van der Waals surface area contributed by atoms with E-state index in [0.29, 0.717) is 23.6 Å². The van der Waals surface area contributed by atoms with Gasteiger partial charge in [-0.25, -0.2) is 0 Å². The van der Waals surface area contributed by atoms with E-state index in [1.807, 2.05) is 48.5 Å². The summed E-state index contributed by atoms with van der Waals surface area (Å²) in [5.74, 6) is -1.41. The molecule has 0 aromatic heterocycles. The molecule has 14 nitrogen and oxygen atoms in total. The fraction of sp³-hybridized carbons (Fsp3) is 0.195. The summed E-state index contributed by atoms with van der Waals surface area (Å²) in [6.07, 6.45) is 5.44. The number of nitro groups is 1. The van der Waals surface area contributed by atoms with Crippen LogP contribution in [0.1, 0.15) is 50.2 Å². The van der Waals surface area contributed by atoms with Gasteiger partial charge in [-0.1, -0.05) is 42.5 Å². The topological polar surface area (TPSA) is 175 Å². The Labute approximate surface area is 314 Å². The number of carbonyl (C=O) groups excluding carboxylic acids is 5. The standard InChI is InChI=1S/C41H34N4O10/c46-37-19-18-36(38(47)42-37)44-40(49)33-17-16-30(24-34(33)41(44)50)55-23-21-53-20-22-54-29-14-10-27(11-15-29)25-43-35-7-2-1-5-31(35)32(39(43)48)6-3-4-26-8-12-28(13-9-26)45(51)52/h1-17,24,36H,18-23,25H2,(H,42,46,47)/b4-3+,32-6+. The van der Waals surface area contributed by atoms with Crippen molar-refractivity contribution in [1.82, 2.24) is 10.2 Å². The number of para-hydroxylation sites is 1. The number of imide groups is 2. The summed E-state index contributed by atoms with van der Waals surface area (Å²) in [4.78, 5) is 76.3. The van der Waals surface area contributed by atoms with Crippen LogP contribution >= 0.6 is 0 Å². The highest BCUT2D eigenvalue weighted by atomic mass is 16.6. The van der Waals surface area contributed by atoms with Crippen LogP contribution in [0.15, 0.2) is 103 Å². The van der Waals surface area contributed by atoms with E-state index in [9.17, 15) is 34.1 Å². The number of hydrogen-bond acceptors (Lipinski definition) is 10. The quantitative estimate of drug-likeness (QED) is 0.0601. The molecule has 3 aliphatic rings. The monoisotopic (exact) mass is 742 g/mol. The van der Waals surface area contributed by atoms with Crippen LogP contribution in [0.25, 0.3) is 11.6 Å². The Morgan fingerprint density at radius 3 is 2.18 bits per heavy atom. The molecule has 1 unspecified atom stereocenters. The van der Waals surface area contributed by atoms with Crippen molar-refractivity contribution in [3.05, 3.63) is 141 Å². The number of nitro benzene ring substituents is 1. The van der Waals surface area contributed by atoms with Crippen LogP contribution < -0.4 is 19.7 Å². The van der Waals surface area contributed by atoms with Gasteiger partial charge >= 0.3 is 0 Å². The number of carbonyl (C=O) groups is 5. The molecule has 1 atom stereocenters. The molecule has 5 amide bonds. The minimum atomic E-state index is -1.03. The molecule has 4 aromatic rings. The van der Waals surface area contributed by atoms with Crippen LogP contribution in [0.5, 0.6) is 11.5 Å². The van der Waals surface area contributed by atoms with Crippen LogP contribution in [-0.4, -0.2) is 71.8 Å². The van der Waals surface area contributed by atoms with Crippen molar-refractivity contribution in [2.75, 3.05) is 31.3 Å². The van der Waals surface area contributed by atoms with E-state index in [1.54, 1.807) is 41.3 Å². The van der Waals surface area contributed by atoms with Crippen LogP contribution in [0, 0.1) is 10.1 Å². The van der Waals surface area contributed by atoms with Crippen LogP contribution in [0.3, 0.4) is 0 Å². The Balaban J connectivity index is 0.851. The lowest BCUT2D eigenvalue weighted by Crippen LogP contribution is -2.54. The van der Waals surface area contributed by atoms with E-state index in [1.165, 1.54) is 24.3 Å². The van der Waals surface area contributed by atoms with Crippen molar-refractivity contribution in [2.24, 2.45) is 0 Å². The molecule has 1 saturated heterocycles. The van der Waals surface area contributed by atoms with E-state index in [2.05, 4.69) is 5.32 Å². The van der Waals surface area contributed by atoms with Crippen molar-refractivity contribution >= 4 is 52.6 Å².